The molecular weight excluding hydrogens is 210 g/mol. The summed E-state index contributed by atoms with van der Waals surface area (Å²) in [4.78, 5) is 0. The molecule has 0 fully saturated rings. The van der Waals surface area contributed by atoms with Gasteiger partial charge in [-0.15, -0.1) is 10.2 Å². The molecule has 0 aliphatic rings. The van der Waals surface area contributed by atoms with Crippen molar-refractivity contribution in [2.24, 2.45) is 0 Å². The summed E-state index contributed by atoms with van der Waals surface area (Å²) in [6.07, 6.45) is 0. The molecule has 0 unspecified atom stereocenters. The van der Waals surface area contributed by atoms with Crippen LogP contribution in [-0.2, 0) is 0 Å². The van der Waals surface area contributed by atoms with Crippen molar-refractivity contribution < 1.29 is 0 Å². The normalized spacial score (nSPS) is 10.6. The number of nitrogens with zero attached hydrogens (tertiary/aromatic N) is 3. The van der Waals surface area contributed by atoms with Gasteiger partial charge in [-0.05, 0) is 23.8 Å². The zero-order valence-corrected chi connectivity index (χ0v) is 9.46. The lowest BCUT2D eigenvalue weighted by Crippen LogP contribution is -1.95. The Labute approximate surface area is 99.1 Å². The quantitative estimate of drug-likeness (QED) is 0.634. The van der Waals surface area contributed by atoms with Crippen molar-refractivity contribution in [3.05, 3.63) is 54.1 Å². The monoisotopic (exact) mass is 221 g/mol. The standard InChI is InChI=1S/C14H11N3/c1-10-6-5-9-12-13(10)14(16-17-15-12)11-7-3-2-4-8-11/h2-9H,1H3. The minimum absolute atomic E-state index is 0.888. The zero-order valence-electron chi connectivity index (χ0n) is 9.46. The molecule has 0 saturated carbocycles. The van der Waals surface area contributed by atoms with Crippen LogP contribution in [0.2, 0.25) is 0 Å². The maximum atomic E-state index is 4.18. The minimum Gasteiger partial charge on any atom is -0.130 e. The van der Waals surface area contributed by atoms with Crippen molar-refractivity contribution in [2.45, 2.75) is 6.92 Å². The van der Waals surface area contributed by atoms with Gasteiger partial charge in [-0.25, -0.2) is 0 Å². The molecule has 0 bridgehead atoms. The topological polar surface area (TPSA) is 38.7 Å². The number of fused-ring (bicyclic) bond motifs is 1. The van der Waals surface area contributed by atoms with Gasteiger partial charge in [-0.3, -0.25) is 0 Å². The molecule has 0 radical (unpaired) electrons. The lowest BCUT2D eigenvalue weighted by Gasteiger charge is -2.05. The van der Waals surface area contributed by atoms with Gasteiger partial charge in [-0.2, -0.15) is 0 Å². The Bertz CT molecular complexity index is 657. The van der Waals surface area contributed by atoms with E-state index in [1.165, 1.54) is 5.56 Å². The number of benzene rings is 2. The molecule has 3 heteroatoms. The number of rotatable bonds is 1. The molecule has 0 spiro atoms. The summed E-state index contributed by atoms with van der Waals surface area (Å²) in [6.45, 7) is 2.07. The summed E-state index contributed by atoms with van der Waals surface area (Å²) in [6, 6.07) is 16.1. The highest BCUT2D eigenvalue weighted by molar-refractivity contribution is 5.94. The van der Waals surface area contributed by atoms with E-state index in [0.29, 0.717) is 0 Å². The van der Waals surface area contributed by atoms with Gasteiger partial charge in [0.05, 0.1) is 5.52 Å². The van der Waals surface area contributed by atoms with E-state index in [0.717, 1.165) is 22.2 Å². The van der Waals surface area contributed by atoms with Crippen molar-refractivity contribution in [3.63, 3.8) is 0 Å². The fourth-order valence-corrected chi connectivity index (χ4v) is 2.01. The SMILES string of the molecule is Cc1cccc2nnnc(-c3ccccc3)c12. The molecule has 1 aromatic heterocycles. The van der Waals surface area contributed by atoms with Crippen LogP contribution in [0.3, 0.4) is 0 Å². The van der Waals surface area contributed by atoms with Gasteiger partial charge in [0.1, 0.15) is 5.69 Å². The van der Waals surface area contributed by atoms with Gasteiger partial charge >= 0.3 is 0 Å². The van der Waals surface area contributed by atoms with Gasteiger partial charge in [-0.1, -0.05) is 42.5 Å². The van der Waals surface area contributed by atoms with E-state index in [1.807, 2.05) is 42.5 Å². The summed E-state index contributed by atoms with van der Waals surface area (Å²) >= 11 is 0. The van der Waals surface area contributed by atoms with Crippen LogP contribution in [0.25, 0.3) is 22.2 Å². The van der Waals surface area contributed by atoms with Crippen molar-refractivity contribution in [3.8, 4) is 11.3 Å². The highest BCUT2D eigenvalue weighted by Crippen LogP contribution is 2.26. The first-order valence-corrected chi connectivity index (χ1v) is 5.50. The average molecular weight is 221 g/mol. The van der Waals surface area contributed by atoms with Crippen LogP contribution in [0.4, 0.5) is 0 Å². The summed E-state index contributed by atoms with van der Waals surface area (Å²) in [7, 11) is 0. The molecule has 0 amide bonds. The number of aromatic nitrogens is 3. The fourth-order valence-electron chi connectivity index (χ4n) is 2.01. The minimum atomic E-state index is 0.888. The fraction of sp³-hybridized carbons (Fsp3) is 0.0714. The first-order valence-electron chi connectivity index (χ1n) is 5.50. The molecule has 3 aromatic rings. The van der Waals surface area contributed by atoms with E-state index in [1.54, 1.807) is 0 Å². The molecule has 1 heterocycles. The Kier molecular flexibility index (Phi) is 2.29. The molecule has 17 heavy (non-hydrogen) atoms. The van der Waals surface area contributed by atoms with Crippen LogP contribution in [0.15, 0.2) is 48.5 Å². The first-order chi connectivity index (χ1) is 8.36. The van der Waals surface area contributed by atoms with Gasteiger partial charge in [0, 0.05) is 10.9 Å². The summed E-state index contributed by atoms with van der Waals surface area (Å²) in [5.41, 5.74) is 4.03. The van der Waals surface area contributed by atoms with Crippen molar-refractivity contribution in [1.29, 1.82) is 0 Å². The largest absolute Gasteiger partial charge is 0.130 e. The van der Waals surface area contributed by atoms with Gasteiger partial charge in [0.2, 0.25) is 0 Å². The van der Waals surface area contributed by atoms with E-state index in [9.17, 15) is 0 Å². The molecule has 0 atom stereocenters. The predicted octanol–water partition coefficient (Wildman–Crippen LogP) is 3.00. The van der Waals surface area contributed by atoms with Gasteiger partial charge < -0.3 is 0 Å². The number of hydrogen-bond donors (Lipinski definition) is 0. The molecule has 2 aromatic carbocycles. The highest BCUT2D eigenvalue weighted by Gasteiger charge is 2.08. The van der Waals surface area contributed by atoms with Crippen LogP contribution in [-0.4, -0.2) is 15.4 Å². The first kappa shape index (κ1) is 9.90. The summed E-state index contributed by atoms with van der Waals surface area (Å²) < 4.78 is 0. The molecule has 0 saturated heterocycles. The van der Waals surface area contributed by atoms with Gasteiger partial charge in [0.15, 0.2) is 0 Å². The maximum Gasteiger partial charge on any atom is 0.104 e. The maximum absolute atomic E-state index is 4.18. The number of aryl methyl sites for hydroxylation is 1. The molecule has 0 aliphatic heterocycles. The van der Waals surface area contributed by atoms with E-state index in [2.05, 4.69) is 28.4 Å². The van der Waals surface area contributed by atoms with E-state index in [-0.39, 0.29) is 0 Å². The molecule has 82 valence electrons. The van der Waals surface area contributed by atoms with Crippen LogP contribution in [0.1, 0.15) is 5.56 Å². The third-order valence-corrected chi connectivity index (χ3v) is 2.83. The Morgan fingerprint density at radius 2 is 1.65 bits per heavy atom. The van der Waals surface area contributed by atoms with Gasteiger partial charge in [0.25, 0.3) is 0 Å². The summed E-state index contributed by atoms with van der Waals surface area (Å²) in [5.74, 6) is 0. The van der Waals surface area contributed by atoms with Crippen LogP contribution >= 0.6 is 0 Å². The molecule has 3 rings (SSSR count). The van der Waals surface area contributed by atoms with E-state index < -0.39 is 0 Å². The van der Waals surface area contributed by atoms with Crippen LogP contribution < -0.4 is 0 Å². The Balaban J connectivity index is 2.38. The molecule has 0 N–H and O–H groups in total. The lowest BCUT2D eigenvalue weighted by molar-refractivity contribution is 0.900. The van der Waals surface area contributed by atoms with Crippen molar-refractivity contribution in [1.82, 2.24) is 15.4 Å². The average Bonchev–Trinajstić information content (AvgIpc) is 2.39. The Morgan fingerprint density at radius 1 is 0.824 bits per heavy atom. The Morgan fingerprint density at radius 3 is 2.47 bits per heavy atom. The Hall–Kier alpha value is -2.29. The second-order valence-corrected chi connectivity index (χ2v) is 3.97. The number of hydrogen-bond acceptors (Lipinski definition) is 3. The second-order valence-electron chi connectivity index (χ2n) is 3.97. The predicted molar refractivity (Wildman–Crippen MR) is 67.5 cm³/mol. The second kappa shape index (κ2) is 3.94. The third kappa shape index (κ3) is 1.65. The third-order valence-electron chi connectivity index (χ3n) is 2.83. The smallest absolute Gasteiger partial charge is 0.104 e. The summed E-state index contributed by atoms with van der Waals surface area (Å²) in [5, 5.41) is 13.2. The zero-order chi connectivity index (χ0) is 11.7. The molecule has 0 aliphatic carbocycles. The lowest BCUT2D eigenvalue weighted by atomic mass is 10.0. The molecular formula is C14H11N3. The van der Waals surface area contributed by atoms with E-state index in [4.69, 9.17) is 0 Å². The highest BCUT2D eigenvalue weighted by atomic mass is 15.3. The van der Waals surface area contributed by atoms with Crippen LogP contribution in [0, 0.1) is 6.92 Å². The van der Waals surface area contributed by atoms with Crippen molar-refractivity contribution >= 4 is 10.9 Å². The molecule has 3 nitrogen and oxygen atoms in total. The van der Waals surface area contributed by atoms with Crippen molar-refractivity contribution in [2.75, 3.05) is 0 Å². The van der Waals surface area contributed by atoms with E-state index >= 15 is 0 Å². The van der Waals surface area contributed by atoms with Crippen LogP contribution in [0.5, 0.6) is 0 Å².